The van der Waals surface area contributed by atoms with Gasteiger partial charge in [0.2, 0.25) is 0 Å². The van der Waals surface area contributed by atoms with E-state index in [9.17, 15) is 4.79 Å². The van der Waals surface area contributed by atoms with E-state index < -0.39 is 6.09 Å². The van der Waals surface area contributed by atoms with E-state index >= 15 is 0 Å². The normalized spacial score (nSPS) is 10.4. The summed E-state index contributed by atoms with van der Waals surface area (Å²) < 4.78 is 4.69. The van der Waals surface area contributed by atoms with Crippen LogP contribution in [-0.4, -0.2) is 17.7 Å². The summed E-state index contributed by atoms with van der Waals surface area (Å²) in [4.78, 5) is 14.8. The molecule has 0 atom stereocenters. The standard InChI is InChI=1S/C14H16N2O2/c15-14(17)18-10-4-3-7-13-12-6-2-1-5-11(12)8-9-16-13/h1-2,5-6,8-9H,3-4,7,10H2,(H2,15,17). The lowest BCUT2D eigenvalue weighted by molar-refractivity contribution is 0.154. The summed E-state index contributed by atoms with van der Waals surface area (Å²) in [6.07, 6.45) is 3.72. The molecule has 0 saturated carbocycles. The van der Waals surface area contributed by atoms with Crippen LogP contribution < -0.4 is 5.73 Å². The van der Waals surface area contributed by atoms with E-state index in [4.69, 9.17) is 5.73 Å². The van der Waals surface area contributed by atoms with Crippen molar-refractivity contribution in [3.8, 4) is 0 Å². The first-order chi connectivity index (χ1) is 8.77. The molecule has 0 spiro atoms. The number of unbranched alkanes of at least 4 members (excludes halogenated alkanes) is 1. The number of fused-ring (bicyclic) bond motifs is 1. The van der Waals surface area contributed by atoms with Gasteiger partial charge in [0.05, 0.1) is 6.61 Å². The second-order valence-electron chi connectivity index (χ2n) is 4.10. The largest absolute Gasteiger partial charge is 0.450 e. The van der Waals surface area contributed by atoms with E-state index in [1.54, 1.807) is 0 Å². The highest BCUT2D eigenvalue weighted by Gasteiger charge is 2.02. The third-order valence-corrected chi connectivity index (χ3v) is 2.81. The molecular formula is C14H16N2O2. The van der Waals surface area contributed by atoms with E-state index in [1.165, 1.54) is 10.8 Å². The number of aryl methyl sites for hydroxylation is 1. The van der Waals surface area contributed by atoms with Crippen molar-refractivity contribution in [2.75, 3.05) is 6.61 Å². The molecule has 0 aliphatic carbocycles. The maximum Gasteiger partial charge on any atom is 0.404 e. The van der Waals surface area contributed by atoms with Gasteiger partial charge in [-0.3, -0.25) is 4.98 Å². The van der Waals surface area contributed by atoms with Crippen LogP contribution in [0, 0.1) is 0 Å². The van der Waals surface area contributed by atoms with Crippen LogP contribution in [0.3, 0.4) is 0 Å². The molecule has 1 aromatic carbocycles. The molecule has 2 rings (SSSR count). The molecule has 2 N–H and O–H groups in total. The number of nitrogens with zero attached hydrogens (tertiary/aromatic N) is 1. The Morgan fingerprint density at radius 1 is 1.22 bits per heavy atom. The predicted octanol–water partition coefficient (Wildman–Crippen LogP) is 2.65. The molecule has 94 valence electrons. The molecule has 2 aromatic rings. The molecule has 4 nitrogen and oxygen atoms in total. The number of amides is 1. The van der Waals surface area contributed by atoms with Gasteiger partial charge in [-0.15, -0.1) is 0 Å². The molecule has 0 aliphatic rings. The number of carbonyl (C=O) groups excluding carboxylic acids is 1. The molecule has 0 aliphatic heterocycles. The van der Waals surface area contributed by atoms with E-state index in [-0.39, 0.29) is 0 Å². The van der Waals surface area contributed by atoms with Crippen molar-refractivity contribution < 1.29 is 9.53 Å². The molecule has 4 heteroatoms. The van der Waals surface area contributed by atoms with Crippen LogP contribution in [0.15, 0.2) is 36.5 Å². The Bertz CT molecular complexity index is 535. The fourth-order valence-electron chi connectivity index (χ4n) is 1.95. The summed E-state index contributed by atoms with van der Waals surface area (Å²) in [5, 5.41) is 2.40. The van der Waals surface area contributed by atoms with Gasteiger partial charge in [0, 0.05) is 17.3 Å². The molecule has 1 amide bonds. The Morgan fingerprint density at radius 2 is 2.06 bits per heavy atom. The van der Waals surface area contributed by atoms with Crippen molar-refractivity contribution in [1.82, 2.24) is 4.98 Å². The highest BCUT2D eigenvalue weighted by Crippen LogP contribution is 2.17. The summed E-state index contributed by atoms with van der Waals surface area (Å²) in [5.74, 6) is 0. The van der Waals surface area contributed by atoms with E-state index in [0.717, 1.165) is 25.0 Å². The second-order valence-corrected chi connectivity index (χ2v) is 4.10. The first-order valence-corrected chi connectivity index (χ1v) is 6.02. The third-order valence-electron chi connectivity index (χ3n) is 2.81. The Hall–Kier alpha value is -2.10. The number of hydrogen-bond acceptors (Lipinski definition) is 3. The average Bonchev–Trinajstić information content (AvgIpc) is 2.38. The Labute approximate surface area is 106 Å². The maximum atomic E-state index is 10.4. The van der Waals surface area contributed by atoms with Crippen LogP contribution in [0.25, 0.3) is 10.8 Å². The molecule has 0 fully saturated rings. The topological polar surface area (TPSA) is 65.2 Å². The Kier molecular flexibility index (Phi) is 4.12. The van der Waals surface area contributed by atoms with Gasteiger partial charge < -0.3 is 10.5 Å². The molecule has 1 aromatic heterocycles. The average molecular weight is 244 g/mol. The number of rotatable bonds is 5. The van der Waals surface area contributed by atoms with Gasteiger partial charge >= 0.3 is 6.09 Å². The van der Waals surface area contributed by atoms with Crippen LogP contribution in [-0.2, 0) is 11.2 Å². The van der Waals surface area contributed by atoms with Gasteiger partial charge in [-0.25, -0.2) is 4.79 Å². The lowest BCUT2D eigenvalue weighted by Crippen LogP contribution is -2.13. The van der Waals surface area contributed by atoms with Crippen LogP contribution in [0.1, 0.15) is 18.5 Å². The van der Waals surface area contributed by atoms with Crippen molar-refractivity contribution in [2.45, 2.75) is 19.3 Å². The third kappa shape index (κ3) is 3.20. The van der Waals surface area contributed by atoms with Gasteiger partial charge in [0.25, 0.3) is 0 Å². The van der Waals surface area contributed by atoms with Gasteiger partial charge in [0.1, 0.15) is 0 Å². The number of pyridine rings is 1. The quantitative estimate of drug-likeness (QED) is 0.822. The smallest absolute Gasteiger partial charge is 0.404 e. The Balaban J connectivity index is 1.93. The van der Waals surface area contributed by atoms with Crippen molar-refractivity contribution in [3.63, 3.8) is 0 Å². The molecule has 18 heavy (non-hydrogen) atoms. The minimum atomic E-state index is -0.710. The van der Waals surface area contributed by atoms with Crippen molar-refractivity contribution in [1.29, 1.82) is 0 Å². The fraction of sp³-hybridized carbons (Fsp3) is 0.286. The van der Waals surface area contributed by atoms with E-state index in [2.05, 4.69) is 21.9 Å². The van der Waals surface area contributed by atoms with Gasteiger partial charge in [-0.05, 0) is 30.7 Å². The number of ether oxygens (including phenoxy) is 1. The number of carbonyl (C=O) groups is 1. The van der Waals surface area contributed by atoms with Crippen LogP contribution in [0.5, 0.6) is 0 Å². The summed E-state index contributed by atoms with van der Waals surface area (Å²) >= 11 is 0. The SMILES string of the molecule is NC(=O)OCCCCc1nccc2ccccc12. The van der Waals surface area contributed by atoms with Crippen molar-refractivity contribution in [2.24, 2.45) is 5.73 Å². The minimum Gasteiger partial charge on any atom is -0.450 e. The molecule has 0 radical (unpaired) electrons. The number of benzene rings is 1. The van der Waals surface area contributed by atoms with Crippen molar-refractivity contribution >= 4 is 16.9 Å². The second kappa shape index (κ2) is 6.00. The highest BCUT2D eigenvalue weighted by atomic mass is 16.5. The van der Waals surface area contributed by atoms with E-state index in [0.29, 0.717) is 6.61 Å². The lowest BCUT2D eigenvalue weighted by atomic mass is 10.1. The van der Waals surface area contributed by atoms with Gasteiger partial charge in [-0.2, -0.15) is 0 Å². The van der Waals surface area contributed by atoms with Gasteiger partial charge in [-0.1, -0.05) is 24.3 Å². The van der Waals surface area contributed by atoms with Crippen molar-refractivity contribution in [3.05, 3.63) is 42.2 Å². The minimum absolute atomic E-state index is 0.375. The summed E-state index contributed by atoms with van der Waals surface area (Å²) in [7, 11) is 0. The number of hydrogen-bond donors (Lipinski definition) is 1. The fourth-order valence-corrected chi connectivity index (χ4v) is 1.95. The number of primary amides is 1. The summed E-state index contributed by atoms with van der Waals surface area (Å²) in [5.41, 5.74) is 5.98. The Morgan fingerprint density at radius 3 is 2.89 bits per heavy atom. The van der Waals surface area contributed by atoms with E-state index in [1.807, 2.05) is 24.4 Å². The summed E-state index contributed by atoms with van der Waals surface area (Å²) in [6.45, 7) is 0.375. The first-order valence-electron chi connectivity index (χ1n) is 6.02. The molecule has 0 unspecified atom stereocenters. The molecule has 0 saturated heterocycles. The highest BCUT2D eigenvalue weighted by molar-refractivity contribution is 5.84. The predicted molar refractivity (Wildman–Crippen MR) is 70.2 cm³/mol. The summed E-state index contributed by atoms with van der Waals surface area (Å²) in [6, 6.07) is 10.2. The monoisotopic (exact) mass is 244 g/mol. The zero-order valence-corrected chi connectivity index (χ0v) is 10.1. The van der Waals surface area contributed by atoms with Gasteiger partial charge in [0.15, 0.2) is 0 Å². The van der Waals surface area contributed by atoms with Crippen LogP contribution >= 0.6 is 0 Å². The maximum absolute atomic E-state index is 10.4. The lowest BCUT2D eigenvalue weighted by Gasteiger charge is -2.05. The molecule has 1 heterocycles. The van der Waals surface area contributed by atoms with Crippen LogP contribution in [0.2, 0.25) is 0 Å². The van der Waals surface area contributed by atoms with Crippen LogP contribution in [0.4, 0.5) is 4.79 Å². The zero-order valence-electron chi connectivity index (χ0n) is 10.1. The first kappa shape index (κ1) is 12.4. The molecular weight excluding hydrogens is 228 g/mol. The number of aromatic nitrogens is 1. The molecule has 0 bridgehead atoms. The zero-order chi connectivity index (χ0) is 12.8. The number of nitrogens with two attached hydrogens (primary N) is 1.